The second-order valence-electron chi connectivity index (χ2n) is 5.25. The van der Waals surface area contributed by atoms with Crippen LogP contribution in [-0.2, 0) is 0 Å². The van der Waals surface area contributed by atoms with E-state index in [1.165, 1.54) is 6.07 Å². The summed E-state index contributed by atoms with van der Waals surface area (Å²) >= 11 is 0. The molecule has 0 saturated heterocycles. The van der Waals surface area contributed by atoms with Crippen LogP contribution in [0.15, 0.2) is 54.6 Å². The number of carbonyl (C=O) groups excluding carboxylic acids is 1. The molecule has 1 amide bonds. The highest BCUT2D eigenvalue weighted by Gasteiger charge is 2.13. The van der Waals surface area contributed by atoms with Gasteiger partial charge in [0.05, 0.1) is 5.69 Å². The van der Waals surface area contributed by atoms with Gasteiger partial charge in [0, 0.05) is 17.8 Å². The molecule has 0 bridgehead atoms. The number of amides is 1. The standard InChI is InChI=1S/C18H14F2N4O/c1-11-21-16(10-17(22-11)23-13-5-3-2-4-6-13)18(25)24-15-8-7-12(19)9-14(15)20/h2-10H,1H3,(H,24,25)(H,21,22,23). The highest BCUT2D eigenvalue weighted by Crippen LogP contribution is 2.18. The maximum absolute atomic E-state index is 13.7. The largest absolute Gasteiger partial charge is 0.340 e. The number of nitrogens with one attached hydrogen (secondary N) is 2. The molecule has 1 heterocycles. The van der Waals surface area contributed by atoms with E-state index in [1.54, 1.807) is 6.92 Å². The minimum absolute atomic E-state index is 0.0645. The topological polar surface area (TPSA) is 66.9 Å². The van der Waals surface area contributed by atoms with Crippen LogP contribution in [0.25, 0.3) is 0 Å². The molecule has 0 aliphatic carbocycles. The van der Waals surface area contributed by atoms with Crippen molar-refractivity contribution in [1.29, 1.82) is 0 Å². The molecule has 0 atom stereocenters. The Labute approximate surface area is 142 Å². The molecule has 2 aromatic carbocycles. The number of benzene rings is 2. The maximum Gasteiger partial charge on any atom is 0.274 e. The van der Waals surface area contributed by atoms with Crippen LogP contribution in [0.2, 0.25) is 0 Å². The van der Waals surface area contributed by atoms with E-state index in [4.69, 9.17) is 0 Å². The normalized spacial score (nSPS) is 10.4. The molecule has 0 spiro atoms. The number of halogens is 2. The van der Waals surface area contributed by atoms with E-state index in [9.17, 15) is 13.6 Å². The number of aromatic nitrogens is 2. The van der Waals surface area contributed by atoms with Crippen molar-refractivity contribution in [1.82, 2.24) is 9.97 Å². The van der Waals surface area contributed by atoms with Crippen molar-refractivity contribution in [2.24, 2.45) is 0 Å². The van der Waals surface area contributed by atoms with Crippen LogP contribution >= 0.6 is 0 Å². The van der Waals surface area contributed by atoms with E-state index < -0.39 is 17.5 Å². The van der Waals surface area contributed by atoms with Crippen molar-refractivity contribution in [3.8, 4) is 0 Å². The van der Waals surface area contributed by atoms with Gasteiger partial charge in [-0.3, -0.25) is 4.79 Å². The Morgan fingerprint density at radius 2 is 1.76 bits per heavy atom. The first-order chi connectivity index (χ1) is 12.0. The fourth-order valence-corrected chi connectivity index (χ4v) is 2.19. The lowest BCUT2D eigenvalue weighted by atomic mass is 10.2. The minimum Gasteiger partial charge on any atom is -0.340 e. The van der Waals surface area contributed by atoms with E-state index in [-0.39, 0.29) is 11.4 Å². The summed E-state index contributed by atoms with van der Waals surface area (Å²) < 4.78 is 26.6. The molecule has 0 saturated carbocycles. The quantitative estimate of drug-likeness (QED) is 0.752. The summed E-state index contributed by atoms with van der Waals surface area (Å²) in [6, 6.07) is 13.7. The van der Waals surface area contributed by atoms with Crippen LogP contribution in [-0.4, -0.2) is 15.9 Å². The van der Waals surface area contributed by atoms with Crippen molar-refractivity contribution >= 4 is 23.1 Å². The molecule has 3 rings (SSSR count). The molecule has 1 aromatic heterocycles. The van der Waals surface area contributed by atoms with Crippen LogP contribution in [0.4, 0.5) is 26.0 Å². The lowest BCUT2D eigenvalue weighted by Gasteiger charge is -2.09. The van der Waals surface area contributed by atoms with Crippen LogP contribution in [0.1, 0.15) is 16.3 Å². The third kappa shape index (κ3) is 4.14. The number of carbonyl (C=O) groups is 1. The molecule has 0 fully saturated rings. The number of anilines is 3. The predicted octanol–water partition coefficient (Wildman–Crippen LogP) is 4.06. The molecule has 0 aliphatic heterocycles. The maximum atomic E-state index is 13.7. The Morgan fingerprint density at radius 3 is 2.48 bits per heavy atom. The van der Waals surface area contributed by atoms with Crippen molar-refractivity contribution in [3.63, 3.8) is 0 Å². The zero-order valence-electron chi connectivity index (χ0n) is 13.3. The van der Waals surface area contributed by atoms with Crippen molar-refractivity contribution in [2.75, 3.05) is 10.6 Å². The predicted molar refractivity (Wildman–Crippen MR) is 90.8 cm³/mol. The fraction of sp³-hybridized carbons (Fsp3) is 0.0556. The molecular weight excluding hydrogens is 326 g/mol. The van der Waals surface area contributed by atoms with Gasteiger partial charge in [0.15, 0.2) is 0 Å². The molecule has 0 radical (unpaired) electrons. The molecule has 0 unspecified atom stereocenters. The Balaban J connectivity index is 1.82. The summed E-state index contributed by atoms with van der Waals surface area (Å²) in [7, 11) is 0. The summed E-state index contributed by atoms with van der Waals surface area (Å²) in [5.41, 5.74) is 0.742. The molecule has 25 heavy (non-hydrogen) atoms. The summed E-state index contributed by atoms with van der Waals surface area (Å²) in [5, 5.41) is 5.44. The van der Waals surface area contributed by atoms with Gasteiger partial charge < -0.3 is 10.6 Å². The van der Waals surface area contributed by atoms with Gasteiger partial charge in [-0.15, -0.1) is 0 Å². The summed E-state index contributed by atoms with van der Waals surface area (Å²) in [4.78, 5) is 20.6. The van der Waals surface area contributed by atoms with Gasteiger partial charge in [-0.05, 0) is 31.2 Å². The first kappa shape index (κ1) is 16.5. The zero-order valence-corrected chi connectivity index (χ0v) is 13.3. The SMILES string of the molecule is Cc1nc(Nc2ccccc2)cc(C(=O)Nc2ccc(F)cc2F)n1. The van der Waals surface area contributed by atoms with Gasteiger partial charge in [-0.25, -0.2) is 18.7 Å². The van der Waals surface area contributed by atoms with Crippen LogP contribution in [0.3, 0.4) is 0 Å². The molecular formula is C18H14F2N4O. The Kier molecular flexibility index (Phi) is 4.65. The van der Waals surface area contributed by atoms with Gasteiger partial charge >= 0.3 is 0 Å². The molecule has 5 nitrogen and oxygen atoms in total. The second-order valence-corrected chi connectivity index (χ2v) is 5.25. The van der Waals surface area contributed by atoms with E-state index in [1.807, 2.05) is 30.3 Å². The number of rotatable bonds is 4. The van der Waals surface area contributed by atoms with Gasteiger partial charge in [-0.1, -0.05) is 18.2 Å². The molecule has 2 N–H and O–H groups in total. The fourth-order valence-electron chi connectivity index (χ4n) is 2.19. The third-order valence-electron chi connectivity index (χ3n) is 3.30. The lowest BCUT2D eigenvalue weighted by Crippen LogP contribution is -2.16. The molecule has 126 valence electrons. The first-order valence-corrected chi connectivity index (χ1v) is 7.45. The zero-order chi connectivity index (χ0) is 17.8. The summed E-state index contributed by atoms with van der Waals surface area (Å²) in [6.45, 7) is 1.64. The van der Waals surface area contributed by atoms with Crippen LogP contribution in [0.5, 0.6) is 0 Å². The van der Waals surface area contributed by atoms with Crippen LogP contribution < -0.4 is 10.6 Å². The summed E-state index contributed by atoms with van der Waals surface area (Å²) in [6.07, 6.45) is 0. The van der Waals surface area contributed by atoms with E-state index >= 15 is 0 Å². The molecule has 3 aromatic rings. The summed E-state index contributed by atoms with van der Waals surface area (Å²) in [5.74, 6) is -1.38. The molecule has 0 aliphatic rings. The average Bonchev–Trinajstić information content (AvgIpc) is 2.57. The number of nitrogens with zero attached hydrogens (tertiary/aromatic N) is 2. The van der Waals surface area contributed by atoms with Crippen molar-refractivity contribution < 1.29 is 13.6 Å². The van der Waals surface area contributed by atoms with Gasteiger partial charge in [0.1, 0.15) is 29.0 Å². The number of para-hydroxylation sites is 1. The number of hydrogen-bond donors (Lipinski definition) is 2. The average molecular weight is 340 g/mol. The van der Waals surface area contributed by atoms with Crippen molar-refractivity contribution in [2.45, 2.75) is 6.92 Å². The highest BCUT2D eigenvalue weighted by molar-refractivity contribution is 6.03. The Hall–Kier alpha value is -3.35. The third-order valence-corrected chi connectivity index (χ3v) is 3.30. The highest BCUT2D eigenvalue weighted by atomic mass is 19.1. The van der Waals surface area contributed by atoms with E-state index in [2.05, 4.69) is 20.6 Å². The van der Waals surface area contributed by atoms with Gasteiger partial charge in [0.25, 0.3) is 5.91 Å². The van der Waals surface area contributed by atoms with E-state index in [0.717, 1.165) is 17.8 Å². The van der Waals surface area contributed by atoms with Crippen molar-refractivity contribution in [3.05, 3.63) is 77.8 Å². The van der Waals surface area contributed by atoms with Gasteiger partial charge in [0.2, 0.25) is 0 Å². The minimum atomic E-state index is -0.859. The molecule has 7 heteroatoms. The Morgan fingerprint density at radius 1 is 1.00 bits per heavy atom. The van der Waals surface area contributed by atoms with E-state index in [0.29, 0.717) is 17.7 Å². The lowest BCUT2D eigenvalue weighted by molar-refractivity contribution is 0.102. The first-order valence-electron chi connectivity index (χ1n) is 7.45. The number of aryl methyl sites for hydroxylation is 1. The monoisotopic (exact) mass is 340 g/mol. The number of hydrogen-bond acceptors (Lipinski definition) is 4. The van der Waals surface area contributed by atoms with Gasteiger partial charge in [-0.2, -0.15) is 0 Å². The Bertz CT molecular complexity index is 916. The second kappa shape index (κ2) is 7.04. The van der Waals surface area contributed by atoms with Crippen LogP contribution in [0, 0.1) is 18.6 Å². The smallest absolute Gasteiger partial charge is 0.274 e.